The molecule has 0 heterocycles. The highest BCUT2D eigenvalue weighted by Gasteiger charge is 2.30. The number of anilines is 1. The van der Waals surface area contributed by atoms with E-state index in [1.807, 2.05) is 13.8 Å². The number of hydrogen-bond acceptors (Lipinski definition) is 4. The molecule has 0 fully saturated rings. The molecule has 0 saturated carbocycles. The van der Waals surface area contributed by atoms with Crippen molar-refractivity contribution in [3.05, 3.63) is 23.3 Å². The predicted molar refractivity (Wildman–Crippen MR) is 81.2 cm³/mol. The molecule has 0 atom stereocenters. The first-order chi connectivity index (χ1) is 9.23. The van der Waals surface area contributed by atoms with Crippen LogP contribution in [-0.4, -0.2) is 39.0 Å². The van der Waals surface area contributed by atoms with Gasteiger partial charge in [0, 0.05) is 25.4 Å². The molecule has 1 rings (SSSR count). The van der Waals surface area contributed by atoms with Crippen LogP contribution in [0.2, 0.25) is 0 Å². The third-order valence-corrected chi connectivity index (χ3v) is 5.67. The summed E-state index contributed by atoms with van der Waals surface area (Å²) in [5.41, 5.74) is 7.66. The van der Waals surface area contributed by atoms with Crippen molar-refractivity contribution < 1.29 is 13.2 Å². The highest BCUT2D eigenvalue weighted by molar-refractivity contribution is 7.89. The van der Waals surface area contributed by atoms with Crippen LogP contribution in [0.3, 0.4) is 0 Å². The van der Waals surface area contributed by atoms with Crippen molar-refractivity contribution in [2.24, 2.45) is 0 Å². The molecule has 0 amide bonds. The third kappa shape index (κ3) is 3.31. The first-order valence-electron chi connectivity index (χ1n) is 6.60. The fourth-order valence-electron chi connectivity index (χ4n) is 2.19. The Labute approximate surface area is 121 Å². The summed E-state index contributed by atoms with van der Waals surface area (Å²) in [6.07, 6.45) is 0. The molecule has 0 aliphatic carbocycles. The van der Waals surface area contributed by atoms with Gasteiger partial charge < -0.3 is 10.5 Å². The maximum Gasteiger partial charge on any atom is 0.243 e. The van der Waals surface area contributed by atoms with Gasteiger partial charge in [-0.05, 0) is 44.9 Å². The molecule has 1 aromatic carbocycles. The molecule has 1 aromatic rings. The van der Waals surface area contributed by atoms with E-state index < -0.39 is 10.0 Å². The summed E-state index contributed by atoms with van der Waals surface area (Å²) in [6.45, 7) is 7.91. The molecule has 0 aromatic heterocycles. The third-order valence-electron chi connectivity index (χ3n) is 3.30. The maximum atomic E-state index is 12.9. The number of nitrogens with zero attached hydrogens (tertiary/aromatic N) is 1. The van der Waals surface area contributed by atoms with Gasteiger partial charge in [-0.15, -0.1) is 0 Å². The van der Waals surface area contributed by atoms with Crippen molar-refractivity contribution >= 4 is 15.7 Å². The Balaban J connectivity index is 3.37. The van der Waals surface area contributed by atoms with E-state index in [1.54, 1.807) is 33.1 Å². The molecule has 20 heavy (non-hydrogen) atoms. The van der Waals surface area contributed by atoms with Crippen molar-refractivity contribution in [1.82, 2.24) is 4.31 Å². The number of benzene rings is 1. The summed E-state index contributed by atoms with van der Waals surface area (Å²) in [5, 5.41) is 0. The topological polar surface area (TPSA) is 72.6 Å². The van der Waals surface area contributed by atoms with Gasteiger partial charge in [0.05, 0.1) is 11.5 Å². The summed E-state index contributed by atoms with van der Waals surface area (Å²) in [7, 11) is -2.03. The number of rotatable bonds is 6. The lowest BCUT2D eigenvalue weighted by atomic mass is 10.1. The van der Waals surface area contributed by atoms with E-state index in [1.165, 1.54) is 4.31 Å². The van der Waals surface area contributed by atoms with E-state index in [-0.39, 0.29) is 6.04 Å². The molecule has 0 aliphatic heterocycles. The van der Waals surface area contributed by atoms with Gasteiger partial charge in [-0.3, -0.25) is 0 Å². The van der Waals surface area contributed by atoms with E-state index in [4.69, 9.17) is 10.5 Å². The largest absolute Gasteiger partial charge is 0.398 e. The first kappa shape index (κ1) is 16.9. The second-order valence-electron chi connectivity index (χ2n) is 5.13. The molecular formula is C14H24N2O3S. The molecule has 2 N–H and O–H groups in total. The summed E-state index contributed by atoms with van der Waals surface area (Å²) >= 11 is 0. The maximum absolute atomic E-state index is 12.9. The molecule has 6 heteroatoms. The first-order valence-corrected chi connectivity index (χ1v) is 8.04. The SMILES string of the molecule is COCCN(C(C)C)S(=O)(=O)c1c(C)ccc(N)c1C. The Morgan fingerprint density at radius 1 is 1.30 bits per heavy atom. The molecule has 5 nitrogen and oxygen atoms in total. The van der Waals surface area contributed by atoms with Gasteiger partial charge in [-0.1, -0.05) is 6.07 Å². The number of aryl methyl sites for hydroxylation is 1. The normalized spacial score (nSPS) is 12.3. The Morgan fingerprint density at radius 2 is 1.90 bits per heavy atom. The Hall–Kier alpha value is -1.11. The van der Waals surface area contributed by atoms with E-state index in [2.05, 4.69) is 0 Å². The molecule has 0 radical (unpaired) electrons. The van der Waals surface area contributed by atoms with Crippen LogP contribution in [0.5, 0.6) is 0 Å². The monoisotopic (exact) mass is 300 g/mol. The highest BCUT2D eigenvalue weighted by atomic mass is 32.2. The molecule has 0 bridgehead atoms. The zero-order chi connectivity index (χ0) is 15.5. The molecule has 114 valence electrons. The highest BCUT2D eigenvalue weighted by Crippen LogP contribution is 2.28. The number of ether oxygens (including phenoxy) is 1. The number of hydrogen-bond donors (Lipinski definition) is 1. The average Bonchev–Trinajstić information content (AvgIpc) is 2.34. The van der Waals surface area contributed by atoms with Gasteiger partial charge in [0.1, 0.15) is 0 Å². The zero-order valence-corrected chi connectivity index (χ0v) is 13.6. The lowest BCUT2D eigenvalue weighted by Gasteiger charge is -2.27. The lowest BCUT2D eigenvalue weighted by Crippen LogP contribution is -2.39. The summed E-state index contributed by atoms with van der Waals surface area (Å²) in [5.74, 6) is 0. The van der Waals surface area contributed by atoms with Gasteiger partial charge in [-0.25, -0.2) is 8.42 Å². The fourth-order valence-corrected chi connectivity index (χ4v) is 4.28. The standard InChI is InChI=1S/C14H24N2O3S/c1-10(2)16(8-9-19-5)20(17,18)14-11(3)6-7-13(15)12(14)4/h6-7,10H,8-9,15H2,1-5H3. The van der Waals surface area contributed by atoms with Crippen LogP contribution >= 0.6 is 0 Å². The van der Waals surface area contributed by atoms with Crippen LogP contribution in [0, 0.1) is 13.8 Å². The van der Waals surface area contributed by atoms with Crippen LogP contribution in [0.4, 0.5) is 5.69 Å². The van der Waals surface area contributed by atoms with Gasteiger partial charge in [0.2, 0.25) is 10.0 Å². The summed E-state index contributed by atoms with van der Waals surface area (Å²) in [6, 6.07) is 3.33. The van der Waals surface area contributed by atoms with Gasteiger partial charge in [-0.2, -0.15) is 4.31 Å². The van der Waals surface area contributed by atoms with Crippen molar-refractivity contribution in [1.29, 1.82) is 0 Å². The lowest BCUT2D eigenvalue weighted by molar-refractivity contribution is 0.171. The van der Waals surface area contributed by atoms with Crippen molar-refractivity contribution in [2.45, 2.75) is 38.6 Å². The van der Waals surface area contributed by atoms with Crippen LogP contribution < -0.4 is 5.73 Å². The van der Waals surface area contributed by atoms with Crippen LogP contribution in [0.15, 0.2) is 17.0 Å². The number of nitrogens with two attached hydrogens (primary N) is 1. The van der Waals surface area contributed by atoms with E-state index in [0.29, 0.717) is 34.9 Å². The van der Waals surface area contributed by atoms with E-state index in [9.17, 15) is 8.42 Å². The summed E-state index contributed by atoms with van der Waals surface area (Å²) < 4.78 is 32.2. The van der Waals surface area contributed by atoms with Gasteiger partial charge >= 0.3 is 0 Å². The number of nitrogen functional groups attached to an aromatic ring is 1. The fraction of sp³-hybridized carbons (Fsp3) is 0.571. The molecule has 0 unspecified atom stereocenters. The number of methoxy groups -OCH3 is 1. The minimum atomic E-state index is -3.58. The van der Waals surface area contributed by atoms with Crippen LogP contribution in [0.25, 0.3) is 0 Å². The van der Waals surface area contributed by atoms with Gasteiger partial charge in [0.15, 0.2) is 0 Å². The molecule has 0 spiro atoms. The average molecular weight is 300 g/mol. The second-order valence-corrected chi connectivity index (χ2v) is 6.96. The predicted octanol–water partition coefficient (Wildman–Crippen LogP) is 1.93. The van der Waals surface area contributed by atoms with Gasteiger partial charge in [0.25, 0.3) is 0 Å². The smallest absolute Gasteiger partial charge is 0.243 e. The van der Waals surface area contributed by atoms with Crippen molar-refractivity contribution in [3.63, 3.8) is 0 Å². The minimum absolute atomic E-state index is 0.143. The number of sulfonamides is 1. The van der Waals surface area contributed by atoms with Crippen LogP contribution in [0.1, 0.15) is 25.0 Å². The summed E-state index contributed by atoms with van der Waals surface area (Å²) in [4.78, 5) is 0.308. The van der Waals surface area contributed by atoms with E-state index in [0.717, 1.165) is 0 Å². The minimum Gasteiger partial charge on any atom is -0.398 e. The zero-order valence-electron chi connectivity index (χ0n) is 12.8. The van der Waals surface area contributed by atoms with Crippen molar-refractivity contribution in [3.8, 4) is 0 Å². The molecule has 0 aliphatic rings. The molecule has 0 saturated heterocycles. The Morgan fingerprint density at radius 3 is 2.40 bits per heavy atom. The van der Waals surface area contributed by atoms with Crippen LogP contribution in [-0.2, 0) is 14.8 Å². The second kappa shape index (κ2) is 6.56. The van der Waals surface area contributed by atoms with Crippen molar-refractivity contribution in [2.75, 3.05) is 26.0 Å². The van der Waals surface area contributed by atoms with E-state index >= 15 is 0 Å². The Bertz CT molecular complexity index is 568. The Kier molecular flexibility index (Phi) is 5.56. The molecular weight excluding hydrogens is 276 g/mol. The quantitative estimate of drug-likeness (QED) is 0.815.